The van der Waals surface area contributed by atoms with Crippen LogP contribution in [0.25, 0.3) is 0 Å². The summed E-state index contributed by atoms with van der Waals surface area (Å²) in [6.45, 7) is 12.2. The molecule has 0 aliphatic carbocycles. The third-order valence-corrected chi connectivity index (χ3v) is 4.90. The molecule has 3 heteroatoms. The molecular formula is C12H24N2S. The molecule has 0 bridgehead atoms. The Labute approximate surface area is 98.2 Å². The van der Waals surface area contributed by atoms with Crippen molar-refractivity contribution in [3.8, 4) is 0 Å². The second kappa shape index (κ2) is 5.07. The highest BCUT2D eigenvalue weighted by molar-refractivity contribution is 8.00. The first-order valence-electron chi connectivity index (χ1n) is 6.26. The topological polar surface area (TPSA) is 15.3 Å². The monoisotopic (exact) mass is 228 g/mol. The van der Waals surface area contributed by atoms with Gasteiger partial charge in [-0.15, -0.1) is 0 Å². The maximum Gasteiger partial charge on any atom is 0.0149 e. The van der Waals surface area contributed by atoms with Crippen molar-refractivity contribution in [2.45, 2.75) is 43.7 Å². The van der Waals surface area contributed by atoms with Gasteiger partial charge in [0.05, 0.1) is 0 Å². The molecule has 2 fully saturated rings. The van der Waals surface area contributed by atoms with Gasteiger partial charge in [0.15, 0.2) is 0 Å². The van der Waals surface area contributed by atoms with Gasteiger partial charge < -0.3 is 10.2 Å². The maximum atomic E-state index is 3.55. The van der Waals surface area contributed by atoms with E-state index in [9.17, 15) is 0 Å². The number of rotatable bonds is 2. The molecule has 2 nitrogen and oxygen atoms in total. The van der Waals surface area contributed by atoms with Gasteiger partial charge in [0.25, 0.3) is 0 Å². The molecule has 0 amide bonds. The highest BCUT2D eigenvalue weighted by atomic mass is 32.2. The van der Waals surface area contributed by atoms with E-state index in [1.54, 1.807) is 0 Å². The van der Waals surface area contributed by atoms with Gasteiger partial charge in [0.1, 0.15) is 0 Å². The van der Waals surface area contributed by atoms with Gasteiger partial charge in [-0.3, -0.25) is 0 Å². The van der Waals surface area contributed by atoms with Crippen molar-refractivity contribution >= 4 is 11.8 Å². The first kappa shape index (κ1) is 11.7. The molecule has 88 valence electrons. The number of thioether (sulfide) groups is 1. The number of hydrogen-bond acceptors (Lipinski definition) is 3. The van der Waals surface area contributed by atoms with Crippen LogP contribution in [0.2, 0.25) is 0 Å². The molecule has 4 unspecified atom stereocenters. The average molecular weight is 228 g/mol. The van der Waals surface area contributed by atoms with Crippen molar-refractivity contribution in [2.24, 2.45) is 5.92 Å². The molecule has 0 spiro atoms. The van der Waals surface area contributed by atoms with Crippen LogP contribution in [0.15, 0.2) is 0 Å². The largest absolute Gasteiger partial charge is 0.314 e. The molecular weight excluding hydrogens is 204 g/mol. The van der Waals surface area contributed by atoms with E-state index in [4.69, 9.17) is 0 Å². The van der Waals surface area contributed by atoms with E-state index >= 15 is 0 Å². The van der Waals surface area contributed by atoms with Crippen LogP contribution in [-0.2, 0) is 0 Å². The molecule has 0 aromatic rings. The Hall–Kier alpha value is 0.270. The van der Waals surface area contributed by atoms with Crippen molar-refractivity contribution < 1.29 is 0 Å². The first-order chi connectivity index (χ1) is 7.15. The summed E-state index contributed by atoms with van der Waals surface area (Å²) in [5.74, 6) is 0.882. The summed E-state index contributed by atoms with van der Waals surface area (Å²) in [7, 11) is 0. The Balaban J connectivity index is 1.83. The van der Waals surface area contributed by atoms with E-state index in [-0.39, 0.29) is 0 Å². The molecule has 4 atom stereocenters. The summed E-state index contributed by atoms with van der Waals surface area (Å²) in [5, 5.41) is 5.19. The fraction of sp³-hybridized carbons (Fsp3) is 1.00. The van der Waals surface area contributed by atoms with Gasteiger partial charge in [-0.05, 0) is 25.8 Å². The molecule has 1 N–H and O–H groups in total. The van der Waals surface area contributed by atoms with Gasteiger partial charge in [0, 0.05) is 36.2 Å². The Morgan fingerprint density at radius 3 is 2.40 bits per heavy atom. The third-order valence-electron chi connectivity index (χ3n) is 3.68. The zero-order valence-corrected chi connectivity index (χ0v) is 11.0. The number of nitrogens with zero attached hydrogens (tertiary/aromatic N) is 1. The number of nitrogens with one attached hydrogen (secondary N) is 1. The zero-order valence-electron chi connectivity index (χ0n) is 10.2. The van der Waals surface area contributed by atoms with Crippen LogP contribution < -0.4 is 5.32 Å². The molecule has 15 heavy (non-hydrogen) atoms. The fourth-order valence-electron chi connectivity index (χ4n) is 2.93. The van der Waals surface area contributed by atoms with Gasteiger partial charge in [0.2, 0.25) is 0 Å². The summed E-state index contributed by atoms with van der Waals surface area (Å²) >= 11 is 2.15. The Morgan fingerprint density at radius 2 is 1.87 bits per heavy atom. The summed E-state index contributed by atoms with van der Waals surface area (Å²) in [6.07, 6.45) is 1.37. The smallest absolute Gasteiger partial charge is 0.0149 e. The quantitative estimate of drug-likeness (QED) is 0.776. The van der Waals surface area contributed by atoms with Gasteiger partial charge in [-0.2, -0.15) is 11.8 Å². The Bertz CT molecular complexity index is 200. The highest BCUT2D eigenvalue weighted by Gasteiger charge is 2.28. The van der Waals surface area contributed by atoms with Gasteiger partial charge in [-0.25, -0.2) is 0 Å². The minimum Gasteiger partial charge on any atom is -0.314 e. The second-order valence-electron chi connectivity index (χ2n) is 5.27. The molecule has 2 rings (SSSR count). The Kier molecular flexibility index (Phi) is 3.97. The van der Waals surface area contributed by atoms with Crippen LogP contribution in [0.4, 0.5) is 0 Å². The fourth-order valence-corrected chi connectivity index (χ4v) is 4.31. The minimum absolute atomic E-state index is 0.727. The van der Waals surface area contributed by atoms with Crippen LogP contribution in [0, 0.1) is 5.92 Å². The third kappa shape index (κ3) is 3.11. The molecule has 0 radical (unpaired) electrons. The maximum absolute atomic E-state index is 3.55. The van der Waals surface area contributed by atoms with E-state index in [1.165, 1.54) is 32.6 Å². The normalized spacial score (nSPS) is 43.4. The summed E-state index contributed by atoms with van der Waals surface area (Å²) < 4.78 is 0. The van der Waals surface area contributed by atoms with E-state index in [0.29, 0.717) is 0 Å². The summed E-state index contributed by atoms with van der Waals surface area (Å²) in [5.41, 5.74) is 0. The highest BCUT2D eigenvalue weighted by Crippen LogP contribution is 2.26. The lowest BCUT2D eigenvalue weighted by molar-refractivity contribution is 0.221. The SMILES string of the molecule is CC1CN(CC2CCNC2C)CC(C)S1. The van der Waals surface area contributed by atoms with E-state index in [1.807, 2.05) is 0 Å². The molecule has 0 aromatic heterocycles. The molecule has 0 aromatic carbocycles. The van der Waals surface area contributed by atoms with Crippen LogP contribution in [0.5, 0.6) is 0 Å². The molecule has 2 heterocycles. The lowest BCUT2D eigenvalue weighted by Crippen LogP contribution is -2.44. The zero-order chi connectivity index (χ0) is 10.8. The van der Waals surface area contributed by atoms with Crippen LogP contribution in [-0.4, -0.2) is 47.6 Å². The van der Waals surface area contributed by atoms with Crippen molar-refractivity contribution in [1.29, 1.82) is 0 Å². The van der Waals surface area contributed by atoms with Crippen LogP contribution in [0.1, 0.15) is 27.2 Å². The minimum atomic E-state index is 0.727. The van der Waals surface area contributed by atoms with Crippen molar-refractivity contribution in [2.75, 3.05) is 26.2 Å². The van der Waals surface area contributed by atoms with Crippen molar-refractivity contribution in [3.05, 3.63) is 0 Å². The molecule has 2 aliphatic heterocycles. The van der Waals surface area contributed by atoms with Crippen molar-refractivity contribution in [3.63, 3.8) is 0 Å². The first-order valence-corrected chi connectivity index (χ1v) is 7.20. The Morgan fingerprint density at radius 1 is 1.20 bits per heavy atom. The molecule has 2 aliphatic rings. The standard InChI is InChI=1S/C12H24N2S/c1-9-6-14(7-10(2)15-9)8-12-4-5-13-11(12)3/h9-13H,4-8H2,1-3H3. The predicted octanol–water partition coefficient (Wildman–Crippen LogP) is 1.81. The van der Waals surface area contributed by atoms with Gasteiger partial charge >= 0.3 is 0 Å². The van der Waals surface area contributed by atoms with Crippen LogP contribution >= 0.6 is 11.8 Å². The lowest BCUT2D eigenvalue weighted by Gasteiger charge is -2.36. The second-order valence-corrected chi connectivity index (χ2v) is 7.15. The average Bonchev–Trinajstić information content (AvgIpc) is 2.50. The molecule has 0 saturated carbocycles. The summed E-state index contributed by atoms with van der Waals surface area (Å²) in [6, 6.07) is 0.727. The van der Waals surface area contributed by atoms with Crippen LogP contribution in [0.3, 0.4) is 0 Å². The molecule has 2 saturated heterocycles. The van der Waals surface area contributed by atoms with E-state index < -0.39 is 0 Å². The van der Waals surface area contributed by atoms with Crippen molar-refractivity contribution in [1.82, 2.24) is 10.2 Å². The number of hydrogen-bond donors (Lipinski definition) is 1. The lowest BCUT2D eigenvalue weighted by atomic mass is 10.0. The predicted molar refractivity (Wildman–Crippen MR) is 68.5 cm³/mol. The van der Waals surface area contributed by atoms with E-state index in [2.05, 4.69) is 42.7 Å². The summed E-state index contributed by atoms with van der Waals surface area (Å²) in [4.78, 5) is 2.68. The van der Waals surface area contributed by atoms with Gasteiger partial charge in [-0.1, -0.05) is 13.8 Å². The van der Waals surface area contributed by atoms with E-state index in [0.717, 1.165) is 22.5 Å².